The first-order chi connectivity index (χ1) is 10.7. The number of unbranched alkanes of at least 4 members (excludes halogenated alkanes) is 3. The fraction of sp³-hybridized carbons (Fsp3) is 0.421. The molecule has 22 heavy (non-hydrogen) atoms. The Labute approximate surface area is 138 Å². The number of aromatic nitrogens is 1. The molecule has 1 aromatic carbocycles. The van der Waals surface area contributed by atoms with Gasteiger partial charge in [0, 0.05) is 11.2 Å². The molecule has 0 spiro atoms. The van der Waals surface area contributed by atoms with Crippen molar-refractivity contribution in [2.75, 3.05) is 5.32 Å². The monoisotopic (exact) mass is 316 g/mol. The van der Waals surface area contributed by atoms with Gasteiger partial charge in [-0.15, -0.1) is 0 Å². The zero-order valence-corrected chi connectivity index (χ0v) is 14.2. The Hall–Kier alpha value is -1.54. The van der Waals surface area contributed by atoms with Crippen molar-refractivity contribution in [2.45, 2.75) is 52.0 Å². The number of anilines is 1. The molecule has 2 rings (SSSR count). The number of hydrogen-bond donors (Lipinski definition) is 1. The predicted molar refractivity (Wildman–Crippen MR) is 95.5 cm³/mol. The number of halogens is 1. The quantitative estimate of drug-likeness (QED) is 0.589. The van der Waals surface area contributed by atoms with E-state index in [9.17, 15) is 0 Å². The van der Waals surface area contributed by atoms with Gasteiger partial charge in [0.25, 0.3) is 0 Å². The average molecular weight is 317 g/mol. The number of aryl methyl sites for hydroxylation is 1. The molecular formula is C19H25ClN2. The van der Waals surface area contributed by atoms with E-state index in [1.54, 1.807) is 0 Å². The second-order valence-electron chi connectivity index (χ2n) is 5.77. The van der Waals surface area contributed by atoms with E-state index in [2.05, 4.69) is 42.3 Å². The smallest absolute Gasteiger partial charge is 0.129 e. The highest BCUT2D eigenvalue weighted by Gasteiger charge is 2.13. The molecule has 1 aromatic heterocycles. The molecule has 0 bridgehead atoms. The van der Waals surface area contributed by atoms with Gasteiger partial charge in [-0.25, -0.2) is 4.98 Å². The van der Waals surface area contributed by atoms with E-state index >= 15 is 0 Å². The van der Waals surface area contributed by atoms with Crippen LogP contribution in [0.4, 0.5) is 5.82 Å². The van der Waals surface area contributed by atoms with E-state index in [0.29, 0.717) is 0 Å². The van der Waals surface area contributed by atoms with Crippen molar-refractivity contribution in [1.82, 2.24) is 4.98 Å². The van der Waals surface area contributed by atoms with Crippen LogP contribution >= 0.6 is 11.6 Å². The van der Waals surface area contributed by atoms with Gasteiger partial charge in [0.1, 0.15) is 5.82 Å². The lowest BCUT2D eigenvalue weighted by Gasteiger charge is -2.21. The first-order valence-electron chi connectivity index (χ1n) is 8.14. The van der Waals surface area contributed by atoms with Gasteiger partial charge in [0.05, 0.1) is 6.04 Å². The Kier molecular flexibility index (Phi) is 6.73. The van der Waals surface area contributed by atoms with E-state index in [-0.39, 0.29) is 6.04 Å². The highest BCUT2D eigenvalue weighted by Crippen LogP contribution is 2.26. The third-order valence-electron chi connectivity index (χ3n) is 3.94. The van der Waals surface area contributed by atoms with Gasteiger partial charge >= 0.3 is 0 Å². The first-order valence-corrected chi connectivity index (χ1v) is 8.52. The number of nitrogens with zero attached hydrogens (tertiary/aromatic N) is 1. The van der Waals surface area contributed by atoms with Crippen molar-refractivity contribution in [3.05, 3.63) is 58.7 Å². The van der Waals surface area contributed by atoms with Crippen molar-refractivity contribution in [3.8, 4) is 0 Å². The average Bonchev–Trinajstić information content (AvgIpc) is 2.53. The molecule has 3 heteroatoms. The zero-order chi connectivity index (χ0) is 15.8. The summed E-state index contributed by atoms with van der Waals surface area (Å²) in [5.41, 5.74) is 2.45. The molecule has 1 unspecified atom stereocenters. The van der Waals surface area contributed by atoms with Crippen LogP contribution in [-0.2, 0) is 0 Å². The number of nitrogens with one attached hydrogen (secondary N) is 1. The Balaban J connectivity index is 2.10. The van der Waals surface area contributed by atoms with Crippen LogP contribution in [0.1, 0.15) is 56.2 Å². The topological polar surface area (TPSA) is 24.9 Å². The van der Waals surface area contributed by atoms with E-state index in [1.807, 2.05) is 24.4 Å². The lowest BCUT2D eigenvalue weighted by molar-refractivity contribution is 0.585. The second-order valence-corrected chi connectivity index (χ2v) is 6.20. The maximum atomic E-state index is 6.01. The van der Waals surface area contributed by atoms with Crippen LogP contribution < -0.4 is 5.32 Å². The third-order valence-corrected chi connectivity index (χ3v) is 4.19. The van der Waals surface area contributed by atoms with Crippen molar-refractivity contribution >= 4 is 17.4 Å². The van der Waals surface area contributed by atoms with Crippen LogP contribution in [-0.4, -0.2) is 4.98 Å². The van der Waals surface area contributed by atoms with E-state index in [0.717, 1.165) is 17.3 Å². The standard InChI is InChI=1S/C19H25ClN2/c1-3-4-5-6-9-18(16-10-12-17(20)13-11-16)22-19-15(2)8-7-14-21-19/h7-8,10-14,18H,3-6,9H2,1-2H3,(H,21,22). The minimum atomic E-state index is 0.280. The van der Waals surface area contributed by atoms with Crippen molar-refractivity contribution in [3.63, 3.8) is 0 Å². The SMILES string of the molecule is CCCCCCC(Nc1ncccc1C)c1ccc(Cl)cc1. The molecule has 0 radical (unpaired) electrons. The normalized spacial score (nSPS) is 12.1. The lowest BCUT2D eigenvalue weighted by Crippen LogP contribution is -2.12. The fourth-order valence-electron chi connectivity index (χ4n) is 2.59. The van der Waals surface area contributed by atoms with Gasteiger partial charge in [-0.05, 0) is 42.7 Å². The van der Waals surface area contributed by atoms with Crippen LogP contribution in [0.25, 0.3) is 0 Å². The fourth-order valence-corrected chi connectivity index (χ4v) is 2.72. The molecule has 1 heterocycles. The van der Waals surface area contributed by atoms with Crippen LogP contribution in [0.5, 0.6) is 0 Å². The molecule has 1 N–H and O–H groups in total. The van der Waals surface area contributed by atoms with E-state index in [1.165, 1.54) is 36.8 Å². The Morgan fingerprint density at radius 1 is 1.09 bits per heavy atom. The highest BCUT2D eigenvalue weighted by molar-refractivity contribution is 6.30. The molecule has 0 saturated heterocycles. The number of rotatable bonds is 8. The summed E-state index contributed by atoms with van der Waals surface area (Å²) in [6.45, 7) is 4.33. The van der Waals surface area contributed by atoms with E-state index in [4.69, 9.17) is 11.6 Å². The summed E-state index contributed by atoms with van der Waals surface area (Å²) in [6, 6.07) is 12.5. The van der Waals surface area contributed by atoms with Crippen molar-refractivity contribution in [2.24, 2.45) is 0 Å². The Morgan fingerprint density at radius 2 is 1.86 bits per heavy atom. The molecule has 118 valence electrons. The summed E-state index contributed by atoms with van der Waals surface area (Å²) >= 11 is 6.01. The van der Waals surface area contributed by atoms with Crippen LogP contribution in [0.2, 0.25) is 5.02 Å². The predicted octanol–water partition coefficient (Wildman–Crippen LogP) is 6.17. The van der Waals surface area contributed by atoms with Crippen molar-refractivity contribution in [1.29, 1.82) is 0 Å². The second kappa shape index (κ2) is 8.79. The summed E-state index contributed by atoms with van der Waals surface area (Å²) in [7, 11) is 0. The van der Waals surface area contributed by atoms with Crippen LogP contribution in [0, 0.1) is 6.92 Å². The number of benzene rings is 1. The molecular weight excluding hydrogens is 292 g/mol. The largest absolute Gasteiger partial charge is 0.363 e. The summed E-state index contributed by atoms with van der Waals surface area (Å²) in [6.07, 6.45) is 8.01. The molecule has 0 amide bonds. The molecule has 0 fully saturated rings. The van der Waals surface area contributed by atoms with Gasteiger partial charge in [0.15, 0.2) is 0 Å². The summed E-state index contributed by atoms with van der Waals surface area (Å²) < 4.78 is 0. The van der Waals surface area contributed by atoms with Gasteiger partial charge in [-0.1, -0.05) is 62.4 Å². The summed E-state index contributed by atoms with van der Waals surface area (Å²) in [4.78, 5) is 4.47. The lowest BCUT2D eigenvalue weighted by atomic mass is 9.99. The van der Waals surface area contributed by atoms with Crippen LogP contribution in [0.3, 0.4) is 0 Å². The Morgan fingerprint density at radius 3 is 2.55 bits per heavy atom. The summed E-state index contributed by atoms with van der Waals surface area (Å²) in [5.74, 6) is 0.970. The minimum Gasteiger partial charge on any atom is -0.363 e. The highest BCUT2D eigenvalue weighted by atomic mass is 35.5. The zero-order valence-electron chi connectivity index (χ0n) is 13.5. The first kappa shape index (κ1) is 16.8. The molecule has 0 aliphatic heterocycles. The molecule has 2 nitrogen and oxygen atoms in total. The van der Waals surface area contributed by atoms with Crippen molar-refractivity contribution < 1.29 is 0 Å². The molecule has 0 saturated carbocycles. The van der Waals surface area contributed by atoms with E-state index < -0.39 is 0 Å². The third kappa shape index (κ3) is 5.03. The molecule has 1 atom stereocenters. The molecule has 0 aliphatic rings. The number of pyridine rings is 1. The van der Waals surface area contributed by atoms with Gasteiger partial charge < -0.3 is 5.32 Å². The Bertz CT molecular complexity index is 566. The molecule has 0 aliphatic carbocycles. The minimum absolute atomic E-state index is 0.280. The number of hydrogen-bond acceptors (Lipinski definition) is 2. The van der Waals surface area contributed by atoms with Gasteiger partial charge in [0.2, 0.25) is 0 Å². The molecule has 2 aromatic rings. The summed E-state index contributed by atoms with van der Waals surface area (Å²) in [5, 5.41) is 4.39. The maximum absolute atomic E-state index is 6.01. The van der Waals surface area contributed by atoms with Gasteiger partial charge in [-0.2, -0.15) is 0 Å². The van der Waals surface area contributed by atoms with Gasteiger partial charge in [-0.3, -0.25) is 0 Å². The maximum Gasteiger partial charge on any atom is 0.129 e. The van der Waals surface area contributed by atoms with Crippen LogP contribution in [0.15, 0.2) is 42.6 Å².